The Hall–Kier alpha value is -2.40. The Morgan fingerprint density at radius 1 is 1.19 bits per heavy atom. The molecule has 1 spiro atoms. The Bertz CT molecular complexity index is 780. The van der Waals surface area contributed by atoms with Crippen molar-refractivity contribution in [3.63, 3.8) is 0 Å². The van der Waals surface area contributed by atoms with Crippen LogP contribution < -0.4 is 4.74 Å². The van der Waals surface area contributed by atoms with Crippen LogP contribution >= 0.6 is 0 Å². The lowest BCUT2D eigenvalue weighted by Gasteiger charge is -2.43. The van der Waals surface area contributed by atoms with E-state index in [2.05, 4.69) is 28.1 Å². The Morgan fingerprint density at radius 2 is 2.00 bits per heavy atom. The number of likely N-dealkylation sites (tertiary alicyclic amines) is 1. The fourth-order valence-corrected chi connectivity index (χ4v) is 4.12. The summed E-state index contributed by atoms with van der Waals surface area (Å²) in [7, 11) is 0. The van der Waals surface area contributed by atoms with Gasteiger partial charge in [-0.25, -0.2) is 0 Å². The van der Waals surface area contributed by atoms with E-state index in [9.17, 15) is 4.79 Å². The van der Waals surface area contributed by atoms with Gasteiger partial charge in [0.15, 0.2) is 0 Å². The molecule has 0 saturated carbocycles. The molecule has 5 nitrogen and oxygen atoms in total. The van der Waals surface area contributed by atoms with Gasteiger partial charge < -0.3 is 9.64 Å². The van der Waals surface area contributed by atoms with Crippen LogP contribution in [-0.2, 0) is 17.9 Å². The number of aromatic nitrogens is 1. The molecule has 1 aromatic carbocycles. The number of pyridine rings is 1. The molecule has 0 aliphatic carbocycles. The second kappa shape index (κ2) is 7.08. The number of hydrogen-bond acceptors (Lipinski definition) is 4. The molecular formula is C21H25N3O2. The van der Waals surface area contributed by atoms with Crippen LogP contribution in [0.15, 0.2) is 48.8 Å². The number of hydrogen-bond donors (Lipinski definition) is 0. The third-order valence-electron chi connectivity index (χ3n) is 5.36. The molecule has 26 heavy (non-hydrogen) atoms. The third-order valence-corrected chi connectivity index (χ3v) is 5.36. The first-order valence-electron chi connectivity index (χ1n) is 9.27. The molecule has 1 saturated heterocycles. The quantitative estimate of drug-likeness (QED) is 0.835. The van der Waals surface area contributed by atoms with Gasteiger partial charge in [-0.3, -0.25) is 14.7 Å². The maximum absolute atomic E-state index is 12.2. The van der Waals surface area contributed by atoms with Gasteiger partial charge in [0.25, 0.3) is 0 Å². The van der Waals surface area contributed by atoms with Crippen molar-refractivity contribution in [3.05, 3.63) is 59.9 Å². The summed E-state index contributed by atoms with van der Waals surface area (Å²) in [5, 5.41) is 0. The number of para-hydroxylation sites is 1. The van der Waals surface area contributed by atoms with Crippen molar-refractivity contribution in [1.29, 1.82) is 0 Å². The van der Waals surface area contributed by atoms with Crippen LogP contribution in [-0.4, -0.2) is 45.9 Å². The average Bonchev–Trinajstić information content (AvgIpc) is 2.79. The van der Waals surface area contributed by atoms with Crippen molar-refractivity contribution < 1.29 is 9.53 Å². The number of carbonyl (C=O) groups is 1. The topological polar surface area (TPSA) is 45.7 Å². The number of ether oxygens (including phenoxy) is 1. The molecule has 2 aliphatic heterocycles. The molecule has 0 unspecified atom stereocenters. The minimum Gasteiger partial charge on any atom is -0.484 e. The summed E-state index contributed by atoms with van der Waals surface area (Å²) in [4.78, 5) is 20.7. The summed E-state index contributed by atoms with van der Waals surface area (Å²) in [5.41, 5.74) is 2.00. The van der Waals surface area contributed by atoms with E-state index in [0.717, 1.165) is 43.8 Å². The standard InChI is InChI=1S/C21H25N3O2/c1-17(25)24-14-19-5-2-3-6-20(19)26-21(16-24)9-4-12-23(15-21)13-18-7-10-22-11-8-18/h2-3,5-8,10-11H,4,9,12-16H2,1H3/t21-/m1/s1. The van der Waals surface area contributed by atoms with Crippen LogP contribution in [0.1, 0.15) is 30.9 Å². The van der Waals surface area contributed by atoms with Crippen LogP contribution in [0.3, 0.4) is 0 Å². The molecule has 2 aromatic rings. The first kappa shape index (κ1) is 17.0. The Balaban J connectivity index is 1.59. The van der Waals surface area contributed by atoms with E-state index in [1.54, 1.807) is 6.92 Å². The predicted octanol–water partition coefficient (Wildman–Crippen LogP) is 2.86. The molecule has 1 atom stereocenters. The smallest absolute Gasteiger partial charge is 0.219 e. The summed E-state index contributed by atoms with van der Waals surface area (Å²) >= 11 is 0. The van der Waals surface area contributed by atoms with Gasteiger partial charge in [0.05, 0.1) is 6.54 Å². The van der Waals surface area contributed by atoms with Crippen LogP contribution in [0.25, 0.3) is 0 Å². The van der Waals surface area contributed by atoms with E-state index in [-0.39, 0.29) is 11.5 Å². The first-order chi connectivity index (χ1) is 12.6. The highest BCUT2D eigenvalue weighted by atomic mass is 16.5. The normalized spacial score (nSPS) is 23.2. The highest BCUT2D eigenvalue weighted by Gasteiger charge is 2.42. The molecule has 5 heteroatoms. The lowest BCUT2D eigenvalue weighted by atomic mass is 9.91. The second-order valence-electron chi connectivity index (χ2n) is 7.44. The Morgan fingerprint density at radius 3 is 2.81 bits per heavy atom. The van der Waals surface area contributed by atoms with Crippen molar-refractivity contribution in [2.45, 2.75) is 38.5 Å². The van der Waals surface area contributed by atoms with Gasteiger partial charge >= 0.3 is 0 Å². The van der Waals surface area contributed by atoms with Gasteiger partial charge in [0.2, 0.25) is 5.91 Å². The molecule has 1 fully saturated rings. The molecule has 0 radical (unpaired) electrons. The summed E-state index contributed by atoms with van der Waals surface area (Å²) in [6.07, 6.45) is 5.72. The van der Waals surface area contributed by atoms with Crippen molar-refractivity contribution in [3.8, 4) is 5.75 Å². The Kier molecular flexibility index (Phi) is 4.64. The van der Waals surface area contributed by atoms with Crippen molar-refractivity contribution in [2.75, 3.05) is 19.6 Å². The number of carbonyl (C=O) groups excluding carboxylic acids is 1. The number of rotatable bonds is 2. The van der Waals surface area contributed by atoms with Crippen LogP contribution in [0, 0.1) is 0 Å². The number of amides is 1. The molecule has 136 valence electrons. The van der Waals surface area contributed by atoms with Crippen molar-refractivity contribution >= 4 is 5.91 Å². The van der Waals surface area contributed by atoms with Crippen LogP contribution in [0.5, 0.6) is 5.75 Å². The maximum Gasteiger partial charge on any atom is 0.219 e. The summed E-state index contributed by atoms with van der Waals surface area (Å²) in [5.74, 6) is 1.03. The van der Waals surface area contributed by atoms with Gasteiger partial charge in [-0.1, -0.05) is 18.2 Å². The van der Waals surface area contributed by atoms with Gasteiger partial charge in [-0.05, 0) is 43.1 Å². The maximum atomic E-state index is 12.2. The molecular weight excluding hydrogens is 326 g/mol. The lowest BCUT2D eigenvalue weighted by Crippen LogP contribution is -2.57. The van der Waals surface area contributed by atoms with Crippen LogP contribution in [0.2, 0.25) is 0 Å². The fraction of sp³-hybridized carbons (Fsp3) is 0.429. The molecule has 4 rings (SSSR count). The second-order valence-corrected chi connectivity index (χ2v) is 7.44. The zero-order valence-electron chi connectivity index (χ0n) is 15.2. The van der Waals surface area contributed by atoms with Crippen molar-refractivity contribution in [1.82, 2.24) is 14.8 Å². The summed E-state index contributed by atoms with van der Waals surface area (Å²) < 4.78 is 6.59. The lowest BCUT2D eigenvalue weighted by molar-refractivity contribution is -0.133. The molecule has 1 amide bonds. The van der Waals surface area contributed by atoms with E-state index in [1.807, 2.05) is 35.5 Å². The van der Waals surface area contributed by atoms with E-state index in [4.69, 9.17) is 4.74 Å². The molecule has 1 aromatic heterocycles. The number of benzene rings is 1. The minimum absolute atomic E-state index is 0.107. The zero-order chi connectivity index (χ0) is 18.0. The van der Waals surface area contributed by atoms with Gasteiger partial charge in [0.1, 0.15) is 11.4 Å². The largest absolute Gasteiger partial charge is 0.484 e. The van der Waals surface area contributed by atoms with Gasteiger partial charge in [0, 0.05) is 44.5 Å². The number of nitrogens with zero attached hydrogens (tertiary/aromatic N) is 3. The summed E-state index contributed by atoms with van der Waals surface area (Å²) in [6, 6.07) is 12.2. The average molecular weight is 351 g/mol. The third kappa shape index (κ3) is 3.58. The molecule has 3 heterocycles. The van der Waals surface area contributed by atoms with Crippen molar-refractivity contribution in [2.24, 2.45) is 0 Å². The summed E-state index contributed by atoms with van der Waals surface area (Å²) in [6.45, 7) is 5.68. The zero-order valence-corrected chi connectivity index (χ0v) is 15.2. The van der Waals surface area contributed by atoms with E-state index >= 15 is 0 Å². The van der Waals surface area contributed by atoms with E-state index in [1.165, 1.54) is 5.56 Å². The highest BCUT2D eigenvalue weighted by Crippen LogP contribution is 2.35. The monoisotopic (exact) mass is 351 g/mol. The minimum atomic E-state index is -0.344. The van der Waals surface area contributed by atoms with Gasteiger partial charge in [-0.2, -0.15) is 0 Å². The van der Waals surface area contributed by atoms with E-state index < -0.39 is 0 Å². The molecule has 2 aliphatic rings. The fourth-order valence-electron chi connectivity index (χ4n) is 4.12. The van der Waals surface area contributed by atoms with Crippen LogP contribution in [0.4, 0.5) is 0 Å². The number of fused-ring (bicyclic) bond motifs is 1. The molecule has 0 N–H and O–H groups in total. The molecule has 0 bridgehead atoms. The highest BCUT2D eigenvalue weighted by molar-refractivity contribution is 5.73. The van der Waals surface area contributed by atoms with E-state index in [0.29, 0.717) is 13.1 Å². The van der Waals surface area contributed by atoms with Gasteiger partial charge in [-0.15, -0.1) is 0 Å². The predicted molar refractivity (Wildman–Crippen MR) is 99.6 cm³/mol. The SMILES string of the molecule is CC(=O)N1Cc2ccccc2O[C@@]2(CCCN(Cc3ccncc3)C2)C1. The first-order valence-corrected chi connectivity index (χ1v) is 9.27. The number of piperidine rings is 1. The Labute approximate surface area is 154 Å².